The molecule has 5 nitrogen and oxygen atoms in total. The van der Waals surface area contributed by atoms with Crippen molar-refractivity contribution in [2.45, 2.75) is 43.7 Å². The third-order valence-electron chi connectivity index (χ3n) is 5.78. The molecule has 1 aliphatic heterocycles. The molecular formula is C24H29Cl2N3O2. The van der Waals surface area contributed by atoms with Crippen LogP contribution in [0.4, 0.5) is 0 Å². The largest absolute Gasteiger partial charge is 0.494 e. The number of aromatic nitrogens is 2. The number of alkyl halides is 1. The number of imidazole rings is 1. The van der Waals surface area contributed by atoms with Crippen LogP contribution in [0.25, 0.3) is 0 Å². The Morgan fingerprint density at radius 3 is 2.65 bits per heavy atom. The molecule has 31 heavy (non-hydrogen) atoms. The number of halogens is 2. The first kappa shape index (κ1) is 22.3. The van der Waals surface area contributed by atoms with Crippen molar-refractivity contribution in [2.75, 3.05) is 26.2 Å². The van der Waals surface area contributed by atoms with Crippen molar-refractivity contribution < 1.29 is 9.47 Å². The van der Waals surface area contributed by atoms with Gasteiger partial charge in [0.2, 0.25) is 0 Å². The number of likely N-dealkylation sites (tertiary alicyclic amines) is 1. The number of ether oxygens (including phenoxy) is 2. The molecule has 4 rings (SSSR count). The van der Waals surface area contributed by atoms with Crippen LogP contribution in [0.1, 0.15) is 37.5 Å². The Morgan fingerprint density at radius 2 is 1.90 bits per heavy atom. The number of hydrogen-bond acceptors (Lipinski definition) is 4. The summed E-state index contributed by atoms with van der Waals surface area (Å²) in [5.74, 6) is 2.74. The zero-order valence-electron chi connectivity index (χ0n) is 17.6. The Morgan fingerprint density at radius 1 is 1.10 bits per heavy atom. The smallest absolute Gasteiger partial charge is 0.147 e. The first-order valence-electron chi connectivity index (χ1n) is 10.9. The average Bonchev–Trinajstić information content (AvgIpc) is 3.27. The van der Waals surface area contributed by atoms with Gasteiger partial charge in [0.05, 0.1) is 12.0 Å². The predicted molar refractivity (Wildman–Crippen MR) is 125 cm³/mol. The molecule has 0 N–H and O–H groups in total. The number of piperidine rings is 1. The molecule has 166 valence electrons. The Hall–Kier alpha value is -1.95. The van der Waals surface area contributed by atoms with E-state index in [1.54, 1.807) is 0 Å². The van der Waals surface area contributed by atoms with Crippen LogP contribution < -0.4 is 4.74 Å². The highest BCUT2D eigenvalue weighted by Gasteiger charge is 2.22. The molecule has 1 atom stereocenters. The molecule has 7 heteroatoms. The lowest BCUT2D eigenvalue weighted by molar-refractivity contribution is 0.160. The monoisotopic (exact) mass is 461 g/mol. The van der Waals surface area contributed by atoms with Gasteiger partial charge in [0.25, 0.3) is 0 Å². The van der Waals surface area contributed by atoms with Gasteiger partial charge in [0.1, 0.15) is 23.9 Å². The summed E-state index contributed by atoms with van der Waals surface area (Å²) in [7, 11) is 0. The van der Waals surface area contributed by atoms with Gasteiger partial charge in [-0.25, -0.2) is 4.98 Å². The minimum Gasteiger partial charge on any atom is -0.494 e. The third kappa shape index (κ3) is 6.52. The van der Waals surface area contributed by atoms with Crippen LogP contribution in [0.15, 0.2) is 60.6 Å². The fraction of sp³-hybridized carbons (Fsp3) is 0.458. The molecule has 1 fully saturated rings. The minimum atomic E-state index is 0.0727. The van der Waals surface area contributed by atoms with Crippen LogP contribution in [-0.2, 0) is 11.3 Å². The van der Waals surface area contributed by atoms with E-state index in [0.29, 0.717) is 12.6 Å². The molecule has 0 amide bonds. The first-order chi connectivity index (χ1) is 15.2. The molecular weight excluding hydrogens is 433 g/mol. The lowest BCUT2D eigenvalue weighted by atomic mass is 10.0. The molecule has 1 unspecified atom stereocenters. The summed E-state index contributed by atoms with van der Waals surface area (Å²) in [5.41, 5.74) is 0. The van der Waals surface area contributed by atoms with Crippen LogP contribution in [-0.4, -0.2) is 46.1 Å². The Labute approximate surface area is 194 Å². The summed E-state index contributed by atoms with van der Waals surface area (Å²) in [6.45, 7) is 4.45. The van der Waals surface area contributed by atoms with E-state index in [2.05, 4.69) is 20.6 Å². The maximum Gasteiger partial charge on any atom is 0.147 e. The third-order valence-corrected chi connectivity index (χ3v) is 6.36. The van der Waals surface area contributed by atoms with E-state index in [1.807, 2.05) is 48.7 Å². The van der Waals surface area contributed by atoms with E-state index < -0.39 is 0 Å². The average molecular weight is 462 g/mol. The number of allylic oxidation sites excluding steroid dienone is 3. The fourth-order valence-corrected chi connectivity index (χ4v) is 4.34. The topological polar surface area (TPSA) is 39.5 Å². The van der Waals surface area contributed by atoms with E-state index in [0.717, 1.165) is 74.3 Å². The second-order valence-electron chi connectivity index (χ2n) is 7.99. The Balaban J connectivity index is 1.17. The second kappa shape index (κ2) is 11.1. The van der Waals surface area contributed by atoms with Gasteiger partial charge < -0.3 is 18.9 Å². The molecule has 2 aromatic rings. The molecule has 1 aromatic heterocycles. The van der Waals surface area contributed by atoms with Gasteiger partial charge in [0.15, 0.2) is 0 Å². The van der Waals surface area contributed by atoms with E-state index >= 15 is 0 Å². The van der Waals surface area contributed by atoms with Crippen LogP contribution in [0.2, 0.25) is 5.02 Å². The van der Waals surface area contributed by atoms with Gasteiger partial charge in [-0.2, -0.15) is 0 Å². The maximum atomic E-state index is 6.07. The predicted octanol–water partition coefficient (Wildman–Crippen LogP) is 5.61. The zero-order chi connectivity index (χ0) is 21.5. The summed E-state index contributed by atoms with van der Waals surface area (Å²) in [5, 5.41) is 0.804. The Kier molecular flexibility index (Phi) is 7.95. The Bertz CT molecular complexity index is 886. The van der Waals surface area contributed by atoms with E-state index in [4.69, 9.17) is 32.7 Å². The standard InChI is InChI=1S/C24H29Cl2N3O2/c25-19-2-6-22(7-3-19)30-17-1-13-28-14-10-21(11-15-28)29-16-12-27-24(29)18-31-23-8-4-20(26)5-9-23/h2-4,6-9,12,16,20-21H,1,5,10-11,13-15,17-18H2. The van der Waals surface area contributed by atoms with Crippen molar-refractivity contribution >= 4 is 23.2 Å². The van der Waals surface area contributed by atoms with E-state index in [9.17, 15) is 0 Å². The zero-order valence-corrected chi connectivity index (χ0v) is 19.1. The van der Waals surface area contributed by atoms with E-state index in [-0.39, 0.29) is 5.38 Å². The lowest BCUT2D eigenvalue weighted by Crippen LogP contribution is -2.36. The summed E-state index contributed by atoms with van der Waals surface area (Å²) in [4.78, 5) is 7.05. The van der Waals surface area contributed by atoms with Crippen molar-refractivity contribution in [2.24, 2.45) is 0 Å². The van der Waals surface area contributed by atoms with Crippen LogP contribution in [0.3, 0.4) is 0 Å². The van der Waals surface area contributed by atoms with Crippen LogP contribution in [0, 0.1) is 0 Å². The van der Waals surface area contributed by atoms with Gasteiger partial charge in [-0.05, 0) is 62.1 Å². The van der Waals surface area contributed by atoms with Crippen LogP contribution in [0.5, 0.6) is 5.75 Å². The SMILES string of the molecule is Clc1ccc(OCCCN2CCC(n3ccnc3COC3=CCC(Cl)C=C3)CC2)cc1. The van der Waals surface area contributed by atoms with Crippen molar-refractivity contribution in [3.63, 3.8) is 0 Å². The van der Waals surface area contributed by atoms with Gasteiger partial charge in [-0.15, -0.1) is 11.6 Å². The molecule has 0 spiro atoms. The molecule has 2 aliphatic rings. The highest BCUT2D eigenvalue weighted by Crippen LogP contribution is 2.25. The molecule has 1 aromatic carbocycles. The van der Waals surface area contributed by atoms with Gasteiger partial charge in [-0.3, -0.25) is 0 Å². The molecule has 0 bridgehead atoms. The molecule has 1 aliphatic carbocycles. The lowest BCUT2D eigenvalue weighted by Gasteiger charge is -2.33. The van der Waals surface area contributed by atoms with Crippen molar-refractivity contribution in [1.82, 2.24) is 14.5 Å². The molecule has 2 heterocycles. The quantitative estimate of drug-likeness (QED) is 0.359. The van der Waals surface area contributed by atoms with Gasteiger partial charge in [0, 0.05) is 43.1 Å². The summed E-state index contributed by atoms with van der Waals surface area (Å²) >= 11 is 12.0. The van der Waals surface area contributed by atoms with Crippen molar-refractivity contribution in [1.29, 1.82) is 0 Å². The fourth-order valence-electron chi connectivity index (χ4n) is 4.05. The van der Waals surface area contributed by atoms with Gasteiger partial charge >= 0.3 is 0 Å². The maximum absolute atomic E-state index is 6.07. The minimum absolute atomic E-state index is 0.0727. The normalized spacial score (nSPS) is 19.9. The number of rotatable bonds is 9. The molecule has 1 saturated heterocycles. The first-order valence-corrected chi connectivity index (χ1v) is 11.8. The van der Waals surface area contributed by atoms with Crippen LogP contribution >= 0.6 is 23.2 Å². The summed E-state index contributed by atoms with van der Waals surface area (Å²) in [6, 6.07) is 8.02. The number of nitrogens with zero attached hydrogens (tertiary/aromatic N) is 3. The highest BCUT2D eigenvalue weighted by molar-refractivity contribution is 6.30. The second-order valence-corrected chi connectivity index (χ2v) is 8.98. The van der Waals surface area contributed by atoms with Gasteiger partial charge in [-0.1, -0.05) is 17.7 Å². The summed E-state index contributed by atoms with van der Waals surface area (Å²) < 4.78 is 14.0. The van der Waals surface area contributed by atoms with E-state index in [1.165, 1.54) is 0 Å². The highest BCUT2D eigenvalue weighted by atomic mass is 35.5. The number of hydrogen-bond donors (Lipinski definition) is 0. The number of benzene rings is 1. The molecule has 0 radical (unpaired) electrons. The molecule has 0 saturated carbocycles. The van der Waals surface area contributed by atoms with Crippen molar-refractivity contribution in [3.8, 4) is 5.75 Å². The summed E-state index contributed by atoms with van der Waals surface area (Å²) in [6.07, 6.45) is 14.0. The van der Waals surface area contributed by atoms with Crippen molar-refractivity contribution in [3.05, 3.63) is 71.5 Å².